The van der Waals surface area contributed by atoms with Crippen LogP contribution < -0.4 is 9.18 Å². The molecule has 40 heavy (non-hydrogen) atoms. The first-order chi connectivity index (χ1) is 19.8. The van der Waals surface area contributed by atoms with Gasteiger partial charge in [0.25, 0.3) is 0 Å². The van der Waals surface area contributed by atoms with Gasteiger partial charge in [0.2, 0.25) is 0 Å². The van der Waals surface area contributed by atoms with Gasteiger partial charge in [0.05, 0.1) is 0 Å². The van der Waals surface area contributed by atoms with Gasteiger partial charge in [-0.1, -0.05) is 0 Å². The van der Waals surface area contributed by atoms with E-state index in [0.29, 0.717) is 0 Å². The average molecular weight is 651 g/mol. The summed E-state index contributed by atoms with van der Waals surface area (Å²) in [6, 6.07) is 33.6. The second-order valence-corrected chi connectivity index (χ2v) is 13.3. The van der Waals surface area contributed by atoms with E-state index in [1.54, 1.807) is 0 Å². The third-order valence-corrected chi connectivity index (χ3v) is 11.0. The third kappa shape index (κ3) is 4.99. The van der Waals surface area contributed by atoms with Crippen LogP contribution in [0.2, 0.25) is 0 Å². The van der Waals surface area contributed by atoms with Gasteiger partial charge >= 0.3 is 246 Å². The Morgan fingerprint density at radius 1 is 0.500 bits per heavy atom. The van der Waals surface area contributed by atoms with E-state index in [-0.39, 0.29) is 29.9 Å². The molecular weight excluding hydrogens is 626 g/mol. The quantitative estimate of drug-likeness (QED) is 0.232. The minimum absolute atomic E-state index is 0.211. The minimum atomic E-state index is 0.211. The summed E-state index contributed by atoms with van der Waals surface area (Å²) in [5.41, 5.74) is 6.82. The van der Waals surface area contributed by atoms with Crippen LogP contribution in [0.15, 0.2) is 122 Å². The fourth-order valence-corrected chi connectivity index (χ4v) is 8.65. The van der Waals surface area contributed by atoms with Crippen LogP contribution in [0.1, 0.15) is 11.1 Å². The molecule has 7 rings (SSSR count). The second kappa shape index (κ2) is 11.2. The van der Waals surface area contributed by atoms with Gasteiger partial charge in [0.1, 0.15) is 0 Å². The Kier molecular flexibility index (Phi) is 6.99. The molecule has 194 valence electrons. The van der Waals surface area contributed by atoms with Crippen LogP contribution in [-0.4, -0.2) is 58.7 Å². The monoisotopic (exact) mass is 652 g/mol. The number of imidazole rings is 2. The van der Waals surface area contributed by atoms with Gasteiger partial charge in [-0.2, -0.15) is 0 Å². The number of aromatic nitrogens is 6. The Hall–Kier alpha value is -4.06. The number of nitrogens with zero attached hydrogens (tertiary/aromatic N) is 6. The predicted molar refractivity (Wildman–Crippen MR) is 161 cm³/mol. The van der Waals surface area contributed by atoms with E-state index in [1.807, 2.05) is 60.9 Å². The van der Waals surface area contributed by atoms with Crippen LogP contribution in [0, 0.1) is 0 Å². The molecule has 0 aliphatic heterocycles. The van der Waals surface area contributed by atoms with Gasteiger partial charge in [0.15, 0.2) is 0 Å². The number of hydrogen-bond donors (Lipinski definition) is 0. The van der Waals surface area contributed by atoms with E-state index in [4.69, 9.17) is 9.97 Å². The molecule has 0 aliphatic carbocycles. The summed E-state index contributed by atoms with van der Waals surface area (Å²) in [5.74, 6) is 1.81. The Bertz CT molecular complexity index is 1760. The van der Waals surface area contributed by atoms with Crippen LogP contribution in [-0.2, 0) is 10.6 Å². The molecule has 0 spiro atoms. The molecule has 0 atom stereocenters. The van der Waals surface area contributed by atoms with Gasteiger partial charge < -0.3 is 0 Å². The Morgan fingerprint density at radius 2 is 0.950 bits per heavy atom. The summed E-state index contributed by atoms with van der Waals surface area (Å²) >= 11 is 0.421. The molecule has 0 N–H and O–H groups in total. The number of hydrogen-bond acceptors (Lipinski definition) is 4. The SMILES string of the molecule is c1ccc(-c2nc([Se]Cc3ccc(C[Se]c4nc(-c5ccccn5)n5ccccc45)cc3)c3ccccn23)nc1. The first-order valence-electron chi connectivity index (χ1n) is 12.9. The molecular formula is C32H24N6Se2. The van der Waals surface area contributed by atoms with Crippen molar-refractivity contribution in [1.82, 2.24) is 28.7 Å². The molecule has 6 nitrogen and oxygen atoms in total. The molecule has 0 amide bonds. The van der Waals surface area contributed by atoms with Crippen molar-refractivity contribution in [3.05, 3.63) is 133 Å². The van der Waals surface area contributed by atoms with Crippen molar-refractivity contribution in [2.45, 2.75) is 10.6 Å². The van der Waals surface area contributed by atoms with Crippen molar-refractivity contribution in [1.29, 1.82) is 0 Å². The maximum atomic E-state index is 5.02. The number of fused-ring (bicyclic) bond motifs is 2. The van der Waals surface area contributed by atoms with Gasteiger partial charge in [-0.05, 0) is 0 Å². The van der Waals surface area contributed by atoms with Crippen LogP contribution >= 0.6 is 0 Å². The molecule has 1 aromatic carbocycles. The molecule has 0 bridgehead atoms. The molecule has 7 aromatic rings. The van der Waals surface area contributed by atoms with Crippen molar-refractivity contribution in [3.8, 4) is 23.0 Å². The summed E-state index contributed by atoms with van der Waals surface area (Å²) in [7, 11) is 0. The van der Waals surface area contributed by atoms with Crippen molar-refractivity contribution < 1.29 is 0 Å². The van der Waals surface area contributed by atoms with E-state index in [1.165, 1.54) is 22.2 Å². The zero-order chi connectivity index (χ0) is 26.7. The Morgan fingerprint density at radius 3 is 1.38 bits per heavy atom. The molecule has 6 aromatic heterocycles. The standard InChI is InChI=1S/C32H24N6Se2/c1-5-17-33-25(9-1)29-35-31(27-11-3-7-19-37(27)29)39-21-23-13-15-24(16-14-23)22-40-32-28-12-4-8-20-38(28)30(36-32)26-10-2-6-18-34-26/h1-20H,21-22H2. The van der Waals surface area contributed by atoms with Gasteiger partial charge in [-0.15, -0.1) is 0 Å². The van der Waals surface area contributed by atoms with Gasteiger partial charge in [-0.25, -0.2) is 0 Å². The molecule has 0 aliphatic rings. The van der Waals surface area contributed by atoms with Crippen molar-refractivity contribution in [2.75, 3.05) is 0 Å². The molecule has 0 saturated heterocycles. The topological polar surface area (TPSA) is 60.4 Å². The maximum absolute atomic E-state index is 5.02. The summed E-state index contributed by atoms with van der Waals surface area (Å²) in [6.07, 6.45) is 7.79. The van der Waals surface area contributed by atoms with Crippen LogP contribution in [0.3, 0.4) is 0 Å². The fourth-order valence-electron chi connectivity index (χ4n) is 4.62. The van der Waals surface area contributed by atoms with Crippen molar-refractivity contribution >= 4 is 50.1 Å². The van der Waals surface area contributed by atoms with E-state index in [0.717, 1.165) is 42.9 Å². The normalized spacial score (nSPS) is 11.4. The average Bonchev–Trinajstić information content (AvgIpc) is 3.59. The van der Waals surface area contributed by atoms with Crippen molar-refractivity contribution in [3.63, 3.8) is 0 Å². The molecule has 0 radical (unpaired) electrons. The van der Waals surface area contributed by atoms with E-state index >= 15 is 0 Å². The number of rotatable bonds is 8. The van der Waals surface area contributed by atoms with Crippen LogP contribution in [0.5, 0.6) is 0 Å². The van der Waals surface area contributed by atoms with Gasteiger partial charge in [0, 0.05) is 0 Å². The van der Waals surface area contributed by atoms with Crippen LogP contribution in [0.4, 0.5) is 0 Å². The molecule has 8 heteroatoms. The summed E-state index contributed by atoms with van der Waals surface area (Å²) in [6.45, 7) is 0. The second-order valence-electron chi connectivity index (χ2n) is 9.22. The Labute approximate surface area is 244 Å². The first-order valence-corrected chi connectivity index (χ1v) is 17.1. The first kappa shape index (κ1) is 24.9. The van der Waals surface area contributed by atoms with Gasteiger partial charge in [-0.3, -0.25) is 0 Å². The molecule has 0 unspecified atom stereocenters. The van der Waals surface area contributed by atoms with Crippen LogP contribution in [0.25, 0.3) is 34.1 Å². The zero-order valence-corrected chi connectivity index (χ0v) is 24.9. The van der Waals surface area contributed by atoms with Crippen molar-refractivity contribution in [2.24, 2.45) is 0 Å². The van der Waals surface area contributed by atoms with E-state index in [2.05, 4.69) is 79.7 Å². The summed E-state index contributed by atoms with van der Waals surface area (Å²) in [5, 5.41) is 2.00. The number of pyridine rings is 4. The van der Waals surface area contributed by atoms with E-state index < -0.39 is 0 Å². The molecule has 0 saturated carbocycles. The fraction of sp³-hybridized carbons (Fsp3) is 0.0625. The molecule has 0 fully saturated rings. The van der Waals surface area contributed by atoms with E-state index in [9.17, 15) is 0 Å². The molecule has 6 heterocycles. The Balaban J connectivity index is 1.06. The predicted octanol–water partition coefficient (Wildman–Crippen LogP) is 4.17. The summed E-state index contributed by atoms with van der Waals surface area (Å²) in [4.78, 5) is 19.1. The summed E-state index contributed by atoms with van der Waals surface area (Å²) < 4.78 is 6.64. The third-order valence-electron chi connectivity index (χ3n) is 6.59. The zero-order valence-electron chi connectivity index (χ0n) is 21.5. The number of benzene rings is 1.